The Labute approximate surface area is 195 Å². The number of carbonyl (C=O) groups is 3. The van der Waals surface area contributed by atoms with Crippen LogP contribution < -0.4 is 10.6 Å². The topological polar surface area (TPSA) is 130 Å². The Kier molecular flexibility index (Phi) is 8.42. The average molecular weight is 474 g/mol. The van der Waals surface area contributed by atoms with Gasteiger partial charge >= 0.3 is 5.97 Å². The number of amides is 2. The van der Waals surface area contributed by atoms with E-state index in [4.69, 9.17) is 26.2 Å². The zero-order valence-corrected chi connectivity index (χ0v) is 18.6. The SMILES string of the molecule is COCNC(=O)[C@@H](CC(NC(=O)c1cc2cc(Cl)ccc2[nH]1)c1ccccc1)OCC(=O)O. The van der Waals surface area contributed by atoms with Crippen molar-refractivity contribution < 1.29 is 29.0 Å². The molecule has 9 nitrogen and oxygen atoms in total. The third kappa shape index (κ3) is 6.79. The van der Waals surface area contributed by atoms with E-state index >= 15 is 0 Å². The highest BCUT2D eigenvalue weighted by atomic mass is 35.5. The fourth-order valence-corrected chi connectivity index (χ4v) is 3.50. The van der Waals surface area contributed by atoms with Crippen molar-refractivity contribution in [3.05, 3.63) is 70.9 Å². The molecule has 1 unspecified atom stereocenters. The normalized spacial score (nSPS) is 12.8. The van der Waals surface area contributed by atoms with Crippen LogP contribution in [-0.2, 0) is 19.1 Å². The van der Waals surface area contributed by atoms with Gasteiger partial charge < -0.3 is 30.2 Å². The number of rotatable bonds is 11. The molecule has 0 aliphatic heterocycles. The summed E-state index contributed by atoms with van der Waals surface area (Å²) in [5, 5.41) is 15.7. The second kappa shape index (κ2) is 11.5. The largest absolute Gasteiger partial charge is 0.480 e. The number of halogens is 1. The summed E-state index contributed by atoms with van der Waals surface area (Å²) in [6, 6.07) is 15.3. The number of carboxylic acid groups (broad SMARTS) is 1. The molecule has 0 saturated carbocycles. The van der Waals surface area contributed by atoms with E-state index in [1.807, 2.05) is 6.07 Å². The molecule has 174 valence electrons. The molecule has 1 aromatic heterocycles. The first-order valence-electron chi connectivity index (χ1n) is 10.1. The monoisotopic (exact) mass is 473 g/mol. The highest BCUT2D eigenvalue weighted by Gasteiger charge is 2.27. The summed E-state index contributed by atoms with van der Waals surface area (Å²) >= 11 is 6.03. The van der Waals surface area contributed by atoms with Crippen LogP contribution in [-0.4, -0.2) is 54.4 Å². The number of carboxylic acids is 1. The zero-order valence-electron chi connectivity index (χ0n) is 17.8. The summed E-state index contributed by atoms with van der Waals surface area (Å²) < 4.78 is 10.2. The Hall–Kier alpha value is -3.40. The summed E-state index contributed by atoms with van der Waals surface area (Å²) in [6.07, 6.45) is -1.13. The number of hydrogen-bond donors (Lipinski definition) is 4. The maximum atomic E-state index is 13.0. The molecule has 2 aromatic carbocycles. The molecule has 10 heteroatoms. The van der Waals surface area contributed by atoms with Crippen molar-refractivity contribution in [1.82, 2.24) is 15.6 Å². The molecule has 2 amide bonds. The first-order valence-corrected chi connectivity index (χ1v) is 10.5. The summed E-state index contributed by atoms with van der Waals surface area (Å²) in [6.45, 7) is -0.727. The van der Waals surface area contributed by atoms with Crippen LogP contribution in [0.25, 0.3) is 10.9 Å². The van der Waals surface area contributed by atoms with Crippen LogP contribution in [0.5, 0.6) is 0 Å². The van der Waals surface area contributed by atoms with Crippen molar-refractivity contribution in [2.45, 2.75) is 18.6 Å². The molecule has 0 bridgehead atoms. The molecule has 1 heterocycles. The molecule has 0 aliphatic rings. The second-order valence-electron chi connectivity index (χ2n) is 7.25. The van der Waals surface area contributed by atoms with Gasteiger partial charge in [0.2, 0.25) is 0 Å². The van der Waals surface area contributed by atoms with E-state index in [1.54, 1.807) is 48.5 Å². The number of benzene rings is 2. The second-order valence-corrected chi connectivity index (χ2v) is 7.69. The number of fused-ring (bicyclic) bond motifs is 1. The van der Waals surface area contributed by atoms with Crippen LogP contribution in [0, 0.1) is 0 Å². The van der Waals surface area contributed by atoms with Gasteiger partial charge in [0.15, 0.2) is 0 Å². The van der Waals surface area contributed by atoms with Crippen LogP contribution in [0.2, 0.25) is 5.02 Å². The first kappa shape index (κ1) is 24.2. The number of carbonyl (C=O) groups excluding carboxylic acids is 2. The number of aliphatic carboxylic acids is 1. The molecule has 0 radical (unpaired) electrons. The van der Waals surface area contributed by atoms with Crippen molar-refractivity contribution in [2.24, 2.45) is 0 Å². The first-order chi connectivity index (χ1) is 15.9. The predicted octanol–water partition coefficient (Wildman–Crippen LogP) is 2.87. The summed E-state index contributed by atoms with van der Waals surface area (Å²) in [5.41, 5.74) is 1.80. The van der Waals surface area contributed by atoms with E-state index in [2.05, 4.69) is 15.6 Å². The van der Waals surface area contributed by atoms with Gasteiger partial charge in [0.1, 0.15) is 25.1 Å². The van der Waals surface area contributed by atoms with Gasteiger partial charge in [0.25, 0.3) is 11.8 Å². The minimum absolute atomic E-state index is 0.00460. The summed E-state index contributed by atoms with van der Waals surface area (Å²) in [5.74, 6) is -2.16. The number of methoxy groups -OCH3 is 1. The van der Waals surface area contributed by atoms with Crippen molar-refractivity contribution in [3.63, 3.8) is 0 Å². The van der Waals surface area contributed by atoms with Gasteiger partial charge in [-0.2, -0.15) is 0 Å². The predicted molar refractivity (Wildman–Crippen MR) is 122 cm³/mol. The number of hydrogen-bond acceptors (Lipinski definition) is 5. The highest BCUT2D eigenvalue weighted by molar-refractivity contribution is 6.31. The number of ether oxygens (including phenoxy) is 2. The molecule has 0 spiro atoms. The van der Waals surface area contributed by atoms with Gasteiger partial charge in [-0.15, -0.1) is 0 Å². The average Bonchev–Trinajstić information content (AvgIpc) is 3.23. The lowest BCUT2D eigenvalue weighted by Gasteiger charge is -2.24. The van der Waals surface area contributed by atoms with Crippen molar-refractivity contribution in [3.8, 4) is 0 Å². The Balaban J connectivity index is 1.83. The van der Waals surface area contributed by atoms with E-state index in [0.29, 0.717) is 10.7 Å². The van der Waals surface area contributed by atoms with Crippen molar-refractivity contribution in [2.75, 3.05) is 20.4 Å². The molecule has 0 saturated heterocycles. The number of nitrogens with one attached hydrogen (secondary N) is 3. The van der Waals surface area contributed by atoms with E-state index < -0.39 is 36.5 Å². The van der Waals surface area contributed by atoms with Gasteiger partial charge in [-0.1, -0.05) is 41.9 Å². The van der Waals surface area contributed by atoms with Gasteiger partial charge in [-0.25, -0.2) is 4.79 Å². The molecular formula is C23H24ClN3O6. The molecule has 2 atom stereocenters. The smallest absolute Gasteiger partial charge is 0.329 e. The zero-order chi connectivity index (χ0) is 23.8. The van der Waals surface area contributed by atoms with Gasteiger partial charge in [-0.3, -0.25) is 9.59 Å². The fraction of sp³-hybridized carbons (Fsp3) is 0.261. The molecule has 3 rings (SSSR count). The summed E-state index contributed by atoms with van der Waals surface area (Å²) in [7, 11) is 1.41. The van der Waals surface area contributed by atoms with Gasteiger partial charge in [-0.05, 0) is 29.8 Å². The lowest BCUT2D eigenvalue weighted by atomic mass is 9.99. The van der Waals surface area contributed by atoms with Crippen LogP contribution in [0.3, 0.4) is 0 Å². The van der Waals surface area contributed by atoms with Crippen molar-refractivity contribution in [1.29, 1.82) is 0 Å². The van der Waals surface area contributed by atoms with E-state index in [9.17, 15) is 14.4 Å². The molecule has 3 aromatic rings. The molecule has 33 heavy (non-hydrogen) atoms. The maximum Gasteiger partial charge on any atom is 0.329 e. The standard InChI is InChI=1S/C23H24ClN3O6/c1-32-13-25-23(31)20(33-12-21(28)29)11-18(14-5-3-2-4-6-14)27-22(30)19-10-15-9-16(24)7-8-17(15)26-19/h2-10,18,20,26H,11-13H2,1H3,(H,25,31)(H,27,30)(H,28,29)/t18?,20-/m1/s1. The third-order valence-electron chi connectivity index (χ3n) is 4.88. The lowest BCUT2D eigenvalue weighted by Crippen LogP contribution is -2.41. The third-order valence-corrected chi connectivity index (χ3v) is 5.11. The molecule has 4 N–H and O–H groups in total. The van der Waals surface area contributed by atoms with E-state index in [1.165, 1.54) is 7.11 Å². The Morgan fingerprint density at radius 2 is 1.88 bits per heavy atom. The maximum absolute atomic E-state index is 13.0. The number of aromatic amines is 1. The minimum atomic E-state index is -1.21. The molecule has 0 aliphatic carbocycles. The Bertz CT molecular complexity index is 1120. The summed E-state index contributed by atoms with van der Waals surface area (Å²) in [4.78, 5) is 39.6. The Morgan fingerprint density at radius 1 is 1.12 bits per heavy atom. The van der Waals surface area contributed by atoms with Gasteiger partial charge in [0.05, 0.1) is 6.04 Å². The van der Waals surface area contributed by atoms with Crippen molar-refractivity contribution >= 4 is 40.3 Å². The van der Waals surface area contributed by atoms with E-state index in [-0.39, 0.29) is 13.2 Å². The minimum Gasteiger partial charge on any atom is -0.480 e. The van der Waals surface area contributed by atoms with Gasteiger partial charge in [0, 0.05) is 29.5 Å². The Morgan fingerprint density at radius 3 is 2.58 bits per heavy atom. The quantitative estimate of drug-likeness (QED) is 0.317. The molecule has 0 fully saturated rings. The van der Waals surface area contributed by atoms with E-state index in [0.717, 1.165) is 16.5 Å². The van der Waals surface area contributed by atoms with Crippen LogP contribution in [0.15, 0.2) is 54.6 Å². The van der Waals surface area contributed by atoms with Crippen LogP contribution in [0.1, 0.15) is 28.5 Å². The lowest BCUT2D eigenvalue weighted by molar-refractivity contribution is -0.148. The fourth-order valence-electron chi connectivity index (χ4n) is 3.32. The number of H-pyrrole nitrogens is 1. The molecular weight excluding hydrogens is 450 g/mol. The number of aromatic nitrogens is 1. The highest BCUT2D eigenvalue weighted by Crippen LogP contribution is 2.23. The van der Waals surface area contributed by atoms with Crippen LogP contribution >= 0.6 is 11.6 Å². The van der Waals surface area contributed by atoms with Crippen LogP contribution in [0.4, 0.5) is 0 Å².